The van der Waals surface area contributed by atoms with E-state index >= 15 is 0 Å². The number of alkyl halides is 3. The Bertz CT molecular complexity index is 935. The lowest BCUT2D eigenvalue weighted by Crippen LogP contribution is -2.49. The van der Waals surface area contributed by atoms with Gasteiger partial charge in [-0.1, -0.05) is 0 Å². The van der Waals surface area contributed by atoms with Crippen LogP contribution in [0.2, 0.25) is 0 Å². The standard InChI is InChI=1S/C13H17F3N4O5S/c1-18-6-9(11(22)19(2)12(18)23)26(24,25)20-5-3-4-8(20)10(21)17-7-13(14,15)16/h6,8H,3-5,7H2,1-2H3,(H,17,21)/t8-/m0/s1. The van der Waals surface area contributed by atoms with Gasteiger partial charge in [0.05, 0.1) is 0 Å². The first kappa shape index (κ1) is 20.2. The van der Waals surface area contributed by atoms with Crippen molar-refractivity contribution in [1.82, 2.24) is 18.8 Å². The Morgan fingerprint density at radius 3 is 2.50 bits per heavy atom. The predicted molar refractivity (Wildman–Crippen MR) is 82.9 cm³/mol. The SMILES string of the molecule is Cn1cc(S(=O)(=O)N2CCC[C@H]2C(=O)NCC(F)(F)F)c(=O)n(C)c1=O. The third-order valence-corrected chi connectivity index (χ3v) is 5.86. The van der Waals surface area contributed by atoms with E-state index in [1.165, 1.54) is 7.05 Å². The van der Waals surface area contributed by atoms with Crippen LogP contribution in [0.5, 0.6) is 0 Å². The van der Waals surface area contributed by atoms with E-state index in [4.69, 9.17) is 0 Å². The van der Waals surface area contributed by atoms with Crippen LogP contribution in [0.1, 0.15) is 12.8 Å². The molecule has 1 aliphatic rings. The fourth-order valence-corrected chi connectivity index (χ4v) is 4.48. The second-order valence-electron chi connectivity index (χ2n) is 5.86. The Balaban J connectivity index is 2.38. The normalized spacial score (nSPS) is 18.9. The molecule has 0 radical (unpaired) electrons. The number of carbonyl (C=O) groups excluding carboxylic acids is 1. The van der Waals surface area contributed by atoms with E-state index in [0.29, 0.717) is 8.87 Å². The zero-order valence-electron chi connectivity index (χ0n) is 13.9. The van der Waals surface area contributed by atoms with Crippen LogP contribution in [-0.2, 0) is 28.9 Å². The molecule has 0 aliphatic carbocycles. The molecule has 1 aromatic heterocycles. The number of nitrogens with one attached hydrogen (secondary N) is 1. The van der Waals surface area contributed by atoms with Crippen molar-refractivity contribution in [2.45, 2.75) is 30.0 Å². The summed E-state index contributed by atoms with van der Waals surface area (Å²) in [5.74, 6) is -1.09. The number of hydrogen-bond acceptors (Lipinski definition) is 5. The molecule has 1 aromatic rings. The van der Waals surface area contributed by atoms with E-state index in [9.17, 15) is 36.0 Å². The average molecular weight is 398 g/mol. The number of aryl methyl sites for hydroxylation is 1. The summed E-state index contributed by atoms with van der Waals surface area (Å²) in [6.45, 7) is -1.71. The second kappa shape index (κ2) is 6.87. The predicted octanol–water partition coefficient (Wildman–Crippen LogP) is -1.08. The highest BCUT2D eigenvalue weighted by Crippen LogP contribution is 2.25. The summed E-state index contributed by atoms with van der Waals surface area (Å²) < 4.78 is 64.5. The molecule has 1 amide bonds. The molecule has 9 nitrogen and oxygen atoms in total. The Morgan fingerprint density at radius 1 is 1.31 bits per heavy atom. The minimum Gasteiger partial charge on any atom is -0.346 e. The van der Waals surface area contributed by atoms with E-state index in [1.54, 1.807) is 5.32 Å². The number of halogens is 3. The van der Waals surface area contributed by atoms with Gasteiger partial charge >= 0.3 is 11.9 Å². The highest BCUT2D eigenvalue weighted by Gasteiger charge is 2.42. The summed E-state index contributed by atoms with van der Waals surface area (Å²) in [6.07, 6.45) is -3.53. The molecule has 2 rings (SSSR count). The first-order chi connectivity index (χ1) is 11.9. The summed E-state index contributed by atoms with van der Waals surface area (Å²) in [7, 11) is -2.13. The minimum absolute atomic E-state index is 0.0228. The molecule has 146 valence electrons. The number of aromatic nitrogens is 2. The summed E-state index contributed by atoms with van der Waals surface area (Å²) >= 11 is 0. The van der Waals surface area contributed by atoms with E-state index in [1.807, 2.05) is 0 Å². The molecule has 26 heavy (non-hydrogen) atoms. The first-order valence-electron chi connectivity index (χ1n) is 7.49. The number of amides is 1. The molecule has 1 fully saturated rings. The zero-order valence-corrected chi connectivity index (χ0v) is 14.7. The molecule has 1 N–H and O–H groups in total. The van der Waals surface area contributed by atoms with Crippen molar-refractivity contribution in [3.63, 3.8) is 0 Å². The van der Waals surface area contributed by atoms with Crippen LogP contribution in [0.25, 0.3) is 0 Å². The van der Waals surface area contributed by atoms with E-state index in [2.05, 4.69) is 0 Å². The van der Waals surface area contributed by atoms with Crippen LogP contribution in [0.4, 0.5) is 13.2 Å². The van der Waals surface area contributed by atoms with Gasteiger partial charge in [0.1, 0.15) is 12.6 Å². The second-order valence-corrected chi connectivity index (χ2v) is 7.72. The van der Waals surface area contributed by atoms with Gasteiger partial charge in [-0.15, -0.1) is 0 Å². The Hall–Kier alpha value is -2.15. The maximum absolute atomic E-state index is 12.8. The topological polar surface area (TPSA) is 110 Å². The van der Waals surface area contributed by atoms with E-state index < -0.39 is 50.8 Å². The molecule has 0 saturated carbocycles. The van der Waals surface area contributed by atoms with Gasteiger partial charge in [-0.3, -0.25) is 14.2 Å². The number of carbonyl (C=O) groups is 1. The van der Waals surface area contributed by atoms with Gasteiger partial charge in [0.2, 0.25) is 5.91 Å². The summed E-state index contributed by atoms with van der Waals surface area (Å²) in [6, 6.07) is -1.36. The van der Waals surface area contributed by atoms with Gasteiger partial charge in [-0.05, 0) is 12.8 Å². The lowest BCUT2D eigenvalue weighted by atomic mass is 10.2. The van der Waals surface area contributed by atoms with Gasteiger partial charge < -0.3 is 9.88 Å². The Labute approximate surface area is 146 Å². The highest BCUT2D eigenvalue weighted by molar-refractivity contribution is 7.89. The zero-order chi connectivity index (χ0) is 19.9. The minimum atomic E-state index is -4.63. The van der Waals surface area contributed by atoms with Crippen molar-refractivity contribution < 1.29 is 26.4 Å². The third-order valence-electron chi connectivity index (χ3n) is 3.97. The molecule has 1 atom stereocenters. The molecule has 0 unspecified atom stereocenters. The first-order valence-corrected chi connectivity index (χ1v) is 8.93. The lowest BCUT2D eigenvalue weighted by molar-refractivity contribution is -0.140. The fraction of sp³-hybridized carbons (Fsp3) is 0.615. The largest absolute Gasteiger partial charge is 0.405 e. The van der Waals surface area contributed by atoms with E-state index in [0.717, 1.165) is 17.8 Å². The van der Waals surface area contributed by atoms with Crippen molar-refractivity contribution in [3.8, 4) is 0 Å². The molecule has 0 aromatic carbocycles. The van der Waals surface area contributed by atoms with Crippen LogP contribution >= 0.6 is 0 Å². The number of sulfonamides is 1. The summed E-state index contributed by atoms with van der Waals surface area (Å²) in [4.78, 5) is 35.1. The number of nitrogens with zero attached hydrogens (tertiary/aromatic N) is 3. The maximum atomic E-state index is 12.8. The smallest absolute Gasteiger partial charge is 0.346 e. The highest BCUT2D eigenvalue weighted by atomic mass is 32.2. The van der Waals surface area contributed by atoms with Crippen LogP contribution in [0.15, 0.2) is 20.7 Å². The van der Waals surface area contributed by atoms with Gasteiger partial charge in [0.15, 0.2) is 4.90 Å². The molecule has 1 saturated heterocycles. The molecule has 2 heterocycles. The molecule has 13 heteroatoms. The fourth-order valence-electron chi connectivity index (χ4n) is 2.67. The van der Waals surface area contributed by atoms with Crippen molar-refractivity contribution in [1.29, 1.82) is 0 Å². The van der Waals surface area contributed by atoms with Gasteiger partial charge in [0.25, 0.3) is 15.6 Å². The molecule has 1 aliphatic heterocycles. The van der Waals surface area contributed by atoms with Crippen molar-refractivity contribution in [2.24, 2.45) is 14.1 Å². The molecule has 0 spiro atoms. The van der Waals surface area contributed by atoms with Gasteiger partial charge in [-0.2, -0.15) is 17.5 Å². The summed E-state index contributed by atoms with van der Waals surface area (Å²) in [5.41, 5.74) is -1.82. The van der Waals surface area contributed by atoms with Crippen molar-refractivity contribution in [2.75, 3.05) is 13.1 Å². The Kier molecular flexibility index (Phi) is 5.33. The van der Waals surface area contributed by atoms with Crippen LogP contribution < -0.4 is 16.6 Å². The third kappa shape index (κ3) is 3.82. The molecular formula is C13H17F3N4O5S. The van der Waals surface area contributed by atoms with Crippen LogP contribution in [0, 0.1) is 0 Å². The average Bonchev–Trinajstić information content (AvgIpc) is 3.03. The molecule has 0 bridgehead atoms. The quantitative estimate of drug-likeness (QED) is 0.694. The summed E-state index contributed by atoms with van der Waals surface area (Å²) in [5, 5.41) is 1.66. The number of rotatable bonds is 4. The van der Waals surface area contributed by atoms with Gasteiger partial charge in [-0.25, -0.2) is 13.2 Å². The number of hydrogen-bond donors (Lipinski definition) is 1. The monoisotopic (exact) mass is 398 g/mol. The molecular weight excluding hydrogens is 381 g/mol. The lowest BCUT2D eigenvalue weighted by Gasteiger charge is -2.23. The van der Waals surface area contributed by atoms with Crippen LogP contribution in [0.3, 0.4) is 0 Å². The van der Waals surface area contributed by atoms with E-state index in [-0.39, 0.29) is 19.4 Å². The Morgan fingerprint density at radius 2 is 1.92 bits per heavy atom. The van der Waals surface area contributed by atoms with Gasteiger partial charge in [0, 0.05) is 26.8 Å². The maximum Gasteiger partial charge on any atom is 0.405 e. The van der Waals surface area contributed by atoms with Crippen molar-refractivity contribution in [3.05, 3.63) is 27.0 Å². The van der Waals surface area contributed by atoms with Crippen LogP contribution in [-0.4, -0.2) is 53.1 Å². The van der Waals surface area contributed by atoms with Crippen molar-refractivity contribution >= 4 is 15.9 Å².